The second kappa shape index (κ2) is 6.58. The van der Waals surface area contributed by atoms with Crippen LogP contribution in [-0.2, 0) is 4.74 Å². The molecular formula is C17H31NO. The molecule has 0 spiro atoms. The van der Waals surface area contributed by atoms with Crippen molar-refractivity contribution in [3.8, 4) is 0 Å². The highest BCUT2D eigenvalue weighted by Crippen LogP contribution is 2.44. The lowest BCUT2D eigenvalue weighted by Gasteiger charge is -2.44. The summed E-state index contributed by atoms with van der Waals surface area (Å²) < 4.78 is 5.72. The summed E-state index contributed by atoms with van der Waals surface area (Å²) in [5, 5.41) is 3.66. The third kappa shape index (κ3) is 3.16. The number of hydrogen-bond donors (Lipinski definition) is 1. The summed E-state index contributed by atoms with van der Waals surface area (Å²) in [5.74, 6) is 3.80. The van der Waals surface area contributed by atoms with Crippen LogP contribution < -0.4 is 5.32 Å². The first-order valence-corrected chi connectivity index (χ1v) is 8.63. The van der Waals surface area contributed by atoms with Gasteiger partial charge >= 0.3 is 0 Å². The Morgan fingerprint density at radius 1 is 0.895 bits per heavy atom. The normalized spacial score (nSPS) is 41.5. The maximum Gasteiger partial charge on any atom is 0.0509 e. The fourth-order valence-electron chi connectivity index (χ4n) is 5.14. The molecule has 0 amide bonds. The molecule has 1 saturated heterocycles. The molecule has 1 aliphatic heterocycles. The van der Waals surface area contributed by atoms with Gasteiger partial charge in [-0.2, -0.15) is 0 Å². The van der Waals surface area contributed by atoms with Gasteiger partial charge in [0.1, 0.15) is 0 Å². The highest BCUT2D eigenvalue weighted by molar-refractivity contribution is 4.91. The van der Waals surface area contributed by atoms with E-state index in [2.05, 4.69) is 12.4 Å². The topological polar surface area (TPSA) is 21.3 Å². The minimum Gasteiger partial charge on any atom is -0.381 e. The van der Waals surface area contributed by atoms with Crippen LogP contribution in [0.25, 0.3) is 0 Å². The SMILES string of the molecule is CNC(C1CCCOC1)C1CCC2CCCCC2C1. The summed E-state index contributed by atoms with van der Waals surface area (Å²) in [4.78, 5) is 0. The van der Waals surface area contributed by atoms with E-state index in [4.69, 9.17) is 4.74 Å². The van der Waals surface area contributed by atoms with Gasteiger partial charge in [0.2, 0.25) is 0 Å². The number of nitrogens with one attached hydrogen (secondary N) is 1. The molecule has 1 N–H and O–H groups in total. The van der Waals surface area contributed by atoms with Gasteiger partial charge < -0.3 is 10.1 Å². The molecule has 0 aromatic rings. The van der Waals surface area contributed by atoms with Gasteiger partial charge in [-0.3, -0.25) is 0 Å². The fourth-order valence-corrected chi connectivity index (χ4v) is 5.14. The van der Waals surface area contributed by atoms with Crippen molar-refractivity contribution in [2.75, 3.05) is 20.3 Å². The Bertz CT molecular complexity index is 274. The van der Waals surface area contributed by atoms with Gasteiger partial charge in [0, 0.05) is 12.6 Å². The summed E-state index contributed by atoms with van der Waals surface area (Å²) >= 11 is 0. The Kier molecular flexibility index (Phi) is 4.81. The van der Waals surface area contributed by atoms with Gasteiger partial charge in [-0.1, -0.05) is 25.7 Å². The first kappa shape index (κ1) is 13.9. The molecule has 5 atom stereocenters. The second-order valence-corrected chi connectivity index (χ2v) is 7.17. The summed E-state index contributed by atoms with van der Waals surface area (Å²) in [6.45, 7) is 1.98. The van der Waals surface area contributed by atoms with E-state index in [0.717, 1.165) is 36.9 Å². The van der Waals surface area contributed by atoms with E-state index < -0.39 is 0 Å². The molecule has 5 unspecified atom stereocenters. The molecule has 3 rings (SSSR count). The van der Waals surface area contributed by atoms with Crippen molar-refractivity contribution in [1.82, 2.24) is 5.32 Å². The maximum atomic E-state index is 5.72. The molecule has 2 nitrogen and oxygen atoms in total. The predicted molar refractivity (Wildman–Crippen MR) is 79.2 cm³/mol. The largest absolute Gasteiger partial charge is 0.381 e. The zero-order chi connectivity index (χ0) is 13.1. The van der Waals surface area contributed by atoms with Gasteiger partial charge in [0.25, 0.3) is 0 Å². The minimum atomic E-state index is 0.711. The molecule has 110 valence electrons. The Balaban J connectivity index is 1.60. The second-order valence-electron chi connectivity index (χ2n) is 7.17. The Labute approximate surface area is 118 Å². The van der Waals surface area contributed by atoms with Gasteiger partial charge in [-0.25, -0.2) is 0 Å². The lowest BCUT2D eigenvalue weighted by Crippen LogP contribution is -2.46. The van der Waals surface area contributed by atoms with Crippen molar-refractivity contribution < 1.29 is 4.74 Å². The Morgan fingerprint density at radius 3 is 2.47 bits per heavy atom. The van der Waals surface area contributed by atoms with Gasteiger partial charge in [0.05, 0.1) is 6.61 Å². The number of ether oxygens (including phenoxy) is 1. The summed E-state index contributed by atoms with van der Waals surface area (Å²) in [5.41, 5.74) is 0. The molecule has 0 aromatic carbocycles. The van der Waals surface area contributed by atoms with Crippen LogP contribution in [0.1, 0.15) is 57.8 Å². The van der Waals surface area contributed by atoms with Crippen molar-refractivity contribution in [2.45, 2.75) is 63.8 Å². The molecule has 0 radical (unpaired) electrons. The van der Waals surface area contributed by atoms with Crippen LogP contribution in [0.2, 0.25) is 0 Å². The van der Waals surface area contributed by atoms with Crippen LogP contribution in [0.3, 0.4) is 0 Å². The van der Waals surface area contributed by atoms with Crippen LogP contribution in [-0.4, -0.2) is 26.3 Å². The Morgan fingerprint density at radius 2 is 1.74 bits per heavy atom. The van der Waals surface area contributed by atoms with Crippen molar-refractivity contribution in [3.05, 3.63) is 0 Å². The third-order valence-electron chi connectivity index (χ3n) is 6.12. The van der Waals surface area contributed by atoms with E-state index in [9.17, 15) is 0 Å². The molecule has 1 heterocycles. The minimum absolute atomic E-state index is 0.711. The van der Waals surface area contributed by atoms with E-state index in [-0.39, 0.29) is 0 Å². The molecule has 3 aliphatic rings. The quantitative estimate of drug-likeness (QED) is 0.841. The smallest absolute Gasteiger partial charge is 0.0509 e. The average molecular weight is 265 g/mol. The van der Waals surface area contributed by atoms with Gasteiger partial charge in [-0.15, -0.1) is 0 Å². The van der Waals surface area contributed by atoms with Crippen LogP contribution in [0.15, 0.2) is 0 Å². The van der Waals surface area contributed by atoms with Crippen LogP contribution >= 0.6 is 0 Å². The van der Waals surface area contributed by atoms with Crippen molar-refractivity contribution >= 4 is 0 Å². The van der Waals surface area contributed by atoms with E-state index in [1.54, 1.807) is 0 Å². The molecule has 2 heteroatoms. The molecule has 2 saturated carbocycles. The van der Waals surface area contributed by atoms with E-state index in [0.29, 0.717) is 6.04 Å². The summed E-state index contributed by atoms with van der Waals surface area (Å²) in [6.07, 6.45) is 13.1. The molecule has 0 aromatic heterocycles. The van der Waals surface area contributed by atoms with Gasteiger partial charge in [0.15, 0.2) is 0 Å². The summed E-state index contributed by atoms with van der Waals surface area (Å²) in [6, 6.07) is 0.711. The third-order valence-corrected chi connectivity index (χ3v) is 6.12. The molecule has 2 aliphatic carbocycles. The monoisotopic (exact) mass is 265 g/mol. The Hall–Kier alpha value is -0.0800. The highest BCUT2D eigenvalue weighted by Gasteiger charge is 2.37. The van der Waals surface area contributed by atoms with Crippen molar-refractivity contribution in [3.63, 3.8) is 0 Å². The first-order chi connectivity index (χ1) is 9.38. The van der Waals surface area contributed by atoms with Gasteiger partial charge in [-0.05, 0) is 62.8 Å². The standard InChI is InChI=1S/C17H31NO/c1-18-17(16-7-4-10-19-12-16)15-9-8-13-5-2-3-6-14(13)11-15/h13-18H,2-12H2,1H3. The maximum absolute atomic E-state index is 5.72. The lowest BCUT2D eigenvalue weighted by atomic mass is 9.64. The van der Waals surface area contributed by atoms with E-state index in [1.165, 1.54) is 57.8 Å². The number of hydrogen-bond acceptors (Lipinski definition) is 2. The highest BCUT2D eigenvalue weighted by atomic mass is 16.5. The number of fused-ring (bicyclic) bond motifs is 1. The zero-order valence-corrected chi connectivity index (χ0v) is 12.6. The number of rotatable bonds is 3. The zero-order valence-electron chi connectivity index (χ0n) is 12.6. The molecule has 19 heavy (non-hydrogen) atoms. The first-order valence-electron chi connectivity index (χ1n) is 8.63. The van der Waals surface area contributed by atoms with Crippen LogP contribution in [0.4, 0.5) is 0 Å². The molecule has 3 fully saturated rings. The van der Waals surface area contributed by atoms with Crippen LogP contribution in [0, 0.1) is 23.7 Å². The van der Waals surface area contributed by atoms with Crippen molar-refractivity contribution in [1.29, 1.82) is 0 Å². The van der Waals surface area contributed by atoms with E-state index >= 15 is 0 Å². The molecular weight excluding hydrogens is 234 g/mol. The summed E-state index contributed by atoms with van der Waals surface area (Å²) in [7, 11) is 2.17. The fraction of sp³-hybridized carbons (Fsp3) is 1.00. The lowest BCUT2D eigenvalue weighted by molar-refractivity contribution is 0.0151. The average Bonchev–Trinajstić information content (AvgIpc) is 2.49. The van der Waals surface area contributed by atoms with E-state index in [1.807, 2.05) is 0 Å². The molecule has 0 bridgehead atoms. The van der Waals surface area contributed by atoms with Crippen LogP contribution in [0.5, 0.6) is 0 Å². The predicted octanol–water partition coefficient (Wildman–Crippen LogP) is 3.61. The van der Waals surface area contributed by atoms with Crippen molar-refractivity contribution in [2.24, 2.45) is 23.7 Å².